The fraction of sp³-hybridized carbons (Fsp3) is 0.385. The second-order valence-electron chi connectivity index (χ2n) is 9.49. The molecule has 0 saturated carbocycles. The summed E-state index contributed by atoms with van der Waals surface area (Å²) in [5, 5.41) is 17.0. The Hall–Kier alpha value is -4.35. The molecule has 4 heterocycles. The summed E-state index contributed by atoms with van der Waals surface area (Å²) in [6, 6.07) is 3.30. The average molecular weight is 634 g/mol. The van der Waals surface area contributed by atoms with Gasteiger partial charge < -0.3 is 24.3 Å². The van der Waals surface area contributed by atoms with Gasteiger partial charge in [0.2, 0.25) is 5.91 Å². The van der Waals surface area contributed by atoms with E-state index in [1.165, 1.54) is 45.7 Å². The number of ether oxygens (including phenoxy) is 2. The third kappa shape index (κ3) is 7.00. The van der Waals surface area contributed by atoms with E-state index >= 15 is 0 Å². The number of hydrogen-bond acceptors (Lipinski definition) is 12. The Labute approximate surface area is 254 Å². The van der Waals surface area contributed by atoms with Crippen LogP contribution in [0.25, 0.3) is 0 Å². The van der Waals surface area contributed by atoms with Gasteiger partial charge in [0.1, 0.15) is 24.1 Å². The highest BCUT2D eigenvalue weighted by Crippen LogP contribution is 2.45. The molecule has 43 heavy (non-hydrogen) atoms. The molecule has 2 aliphatic rings. The lowest BCUT2D eigenvalue weighted by Gasteiger charge is -2.49. The number of aliphatic carboxylic acids is 1. The van der Waals surface area contributed by atoms with Crippen LogP contribution >= 0.6 is 23.1 Å². The molecule has 0 bridgehead atoms. The van der Waals surface area contributed by atoms with E-state index in [9.17, 15) is 29.1 Å². The minimum Gasteiger partial charge on any atom is -0.477 e. The van der Waals surface area contributed by atoms with E-state index in [1.807, 2.05) is 0 Å². The number of carbonyl (C=O) groups is 5. The second-order valence-corrected chi connectivity index (χ2v) is 11.4. The zero-order valence-corrected chi connectivity index (χ0v) is 25.3. The highest BCUT2D eigenvalue weighted by atomic mass is 32.2. The van der Waals surface area contributed by atoms with E-state index in [0.717, 1.165) is 11.3 Å². The van der Waals surface area contributed by atoms with Gasteiger partial charge in [-0.05, 0) is 11.6 Å². The van der Waals surface area contributed by atoms with Crippen molar-refractivity contribution in [1.29, 1.82) is 0 Å². The molecular weight excluding hydrogens is 604 g/mol. The zero-order valence-electron chi connectivity index (χ0n) is 23.6. The number of carboxylic acid groups (broad SMARTS) is 1. The monoisotopic (exact) mass is 633 g/mol. The van der Waals surface area contributed by atoms with E-state index in [1.54, 1.807) is 38.6 Å². The number of methoxy groups -OCH3 is 1. The number of fused-ring (bicyclic) bond motifs is 1. The number of β-lactam (4-membered cyclic amide) rings is 1. The van der Waals surface area contributed by atoms with Gasteiger partial charge in [-0.2, -0.15) is 4.57 Å². The van der Waals surface area contributed by atoms with Crippen molar-refractivity contribution in [2.24, 2.45) is 11.1 Å². The molecule has 1 saturated heterocycles. The first kappa shape index (κ1) is 31.6. The maximum Gasteiger partial charge on any atom is 0.418 e. The van der Waals surface area contributed by atoms with Crippen molar-refractivity contribution >= 4 is 63.6 Å². The van der Waals surface area contributed by atoms with Crippen LogP contribution in [0.1, 0.15) is 22.5 Å². The molecule has 0 spiro atoms. The van der Waals surface area contributed by atoms with E-state index in [4.69, 9.17) is 14.3 Å². The lowest BCUT2D eigenvalue weighted by molar-refractivity contribution is -0.727. The van der Waals surface area contributed by atoms with Crippen molar-refractivity contribution < 1.29 is 48.0 Å². The molecule has 4 rings (SSSR count). The van der Waals surface area contributed by atoms with E-state index in [0.29, 0.717) is 16.9 Å². The van der Waals surface area contributed by atoms with Crippen molar-refractivity contribution in [3.8, 4) is 0 Å². The Kier molecular flexibility index (Phi) is 10.1. The van der Waals surface area contributed by atoms with Gasteiger partial charge >= 0.3 is 12.1 Å². The molecule has 0 aliphatic carbocycles. The van der Waals surface area contributed by atoms with Crippen LogP contribution in [0.4, 0.5) is 9.93 Å². The number of carboxylic acids is 1. The number of aromatic nitrogens is 2. The highest BCUT2D eigenvalue weighted by molar-refractivity contribution is 8.00. The molecule has 2 aliphatic heterocycles. The van der Waals surface area contributed by atoms with Gasteiger partial charge in [-0.25, -0.2) is 14.6 Å². The number of oxime groups is 1. The Morgan fingerprint density at radius 2 is 2.05 bits per heavy atom. The molecule has 228 valence electrons. The molecule has 0 radical (unpaired) electrons. The third-order valence-corrected chi connectivity index (χ3v) is 8.50. The van der Waals surface area contributed by atoms with Crippen LogP contribution in [0, 0.1) is 5.92 Å². The largest absolute Gasteiger partial charge is 0.477 e. The van der Waals surface area contributed by atoms with Crippen LogP contribution in [0.5, 0.6) is 0 Å². The molecule has 2 atom stereocenters. The van der Waals surface area contributed by atoms with Crippen molar-refractivity contribution in [3.63, 3.8) is 0 Å². The second kappa shape index (κ2) is 13.7. The van der Waals surface area contributed by atoms with Crippen LogP contribution < -0.4 is 9.88 Å². The first-order valence-electron chi connectivity index (χ1n) is 12.7. The van der Waals surface area contributed by atoms with Gasteiger partial charge in [0, 0.05) is 44.8 Å². The van der Waals surface area contributed by atoms with Crippen molar-refractivity contribution in [2.75, 3.05) is 46.0 Å². The number of pyridine rings is 1. The molecular formula is C26H29N6O9S2+. The SMILES string of the molecule is COCC1=C(C(=O)O)N2C(=O)[C@@H](CC(=O)/C(=N/OC)c3csc(NC(=O)OC[n+]4cccc(C(=O)N(C)C)c4)n3)[C@H]2SC1. The summed E-state index contributed by atoms with van der Waals surface area (Å²) < 4.78 is 11.8. The number of carbonyl (C=O) groups excluding carboxylic acids is 4. The summed E-state index contributed by atoms with van der Waals surface area (Å²) in [4.78, 5) is 74.3. The normalized spacial score (nSPS) is 18.0. The minimum atomic E-state index is -1.23. The molecule has 0 aromatic carbocycles. The van der Waals surface area contributed by atoms with E-state index < -0.39 is 35.0 Å². The van der Waals surface area contributed by atoms with Crippen LogP contribution in [0.15, 0.2) is 46.3 Å². The van der Waals surface area contributed by atoms with Gasteiger partial charge in [-0.15, -0.1) is 23.1 Å². The predicted molar refractivity (Wildman–Crippen MR) is 153 cm³/mol. The van der Waals surface area contributed by atoms with Gasteiger partial charge in [0.05, 0.1) is 17.9 Å². The number of Topliss-reactive ketones (excluding diaryl/α,β-unsaturated/α-hetero) is 1. The average Bonchev–Trinajstić information content (AvgIpc) is 3.44. The fourth-order valence-corrected chi connectivity index (χ4v) is 6.49. The Bertz CT molecular complexity index is 1510. The lowest BCUT2D eigenvalue weighted by Crippen LogP contribution is -2.62. The quantitative estimate of drug-likeness (QED) is 0.148. The topological polar surface area (TPSA) is 181 Å². The summed E-state index contributed by atoms with van der Waals surface area (Å²) in [5.74, 6) is -2.86. The number of anilines is 1. The van der Waals surface area contributed by atoms with Gasteiger partial charge in [0.15, 0.2) is 29.0 Å². The van der Waals surface area contributed by atoms with Gasteiger partial charge in [0.25, 0.3) is 12.6 Å². The number of thiazole rings is 1. The highest BCUT2D eigenvalue weighted by Gasteiger charge is 2.54. The van der Waals surface area contributed by atoms with Crippen molar-refractivity contribution in [2.45, 2.75) is 18.5 Å². The molecule has 1 fully saturated rings. The van der Waals surface area contributed by atoms with Crippen molar-refractivity contribution in [1.82, 2.24) is 14.8 Å². The predicted octanol–water partition coefficient (Wildman–Crippen LogP) is 1.16. The summed E-state index contributed by atoms with van der Waals surface area (Å²) in [5.41, 5.74) is 0.761. The number of hydrogen-bond donors (Lipinski definition) is 2. The third-order valence-electron chi connectivity index (χ3n) is 6.34. The Morgan fingerprint density at radius 1 is 1.28 bits per heavy atom. The molecule has 2 N–H and O–H groups in total. The Balaban J connectivity index is 1.37. The molecule has 2 aromatic rings. The number of rotatable bonds is 12. The van der Waals surface area contributed by atoms with Crippen LogP contribution in [0.3, 0.4) is 0 Å². The van der Waals surface area contributed by atoms with Gasteiger partial charge in [-0.3, -0.25) is 24.6 Å². The summed E-state index contributed by atoms with van der Waals surface area (Å²) in [6.45, 7) is -0.0955. The fourth-order valence-electron chi connectivity index (χ4n) is 4.41. The Morgan fingerprint density at radius 3 is 2.72 bits per heavy atom. The number of amides is 3. The summed E-state index contributed by atoms with van der Waals surface area (Å²) in [6.07, 6.45) is 2.12. The van der Waals surface area contributed by atoms with Crippen molar-refractivity contribution in [3.05, 3.63) is 52.4 Å². The zero-order chi connectivity index (χ0) is 31.3. The maximum atomic E-state index is 13.2. The molecule has 0 unspecified atom stereocenters. The smallest absolute Gasteiger partial charge is 0.418 e. The molecule has 3 amide bonds. The summed E-state index contributed by atoms with van der Waals surface area (Å²) in [7, 11) is 5.96. The molecule has 2 aromatic heterocycles. The van der Waals surface area contributed by atoms with Gasteiger partial charge in [-0.1, -0.05) is 5.16 Å². The van der Waals surface area contributed by atoms with Crippen LogP contribution in [-0.2, 0) is 35.4 Å². The number of ketones is 1. The van der Waals surface area contributed by atoms with Crippen LogP contribution in [0.2, 0.25) is 0 Å². The molecule has 15 nitrogen and oxygen atoms in total. The first-order chi connectivity index (χ1) is 20.5. The standard InChI is InChI=1S/C26H28N6O9S2/c1-30(2)21(34)14-6-5-7-31(9-14)13-41-26(38)28-25-27-17(12-43-25)19(29-40-4)18(33)8-16-22(35)32-20(24(36)37)15(10-39-3)11-42-23(16)32/h5-7,9,12,16,23H,8,10-11,13H2,1-4H3,(H-,27,28,36,37,38)/p+1/b29-19+/t16-,23-/m1/s1. The number of thioether (sulfide) groups is 1. The first-order valence-corrected chi connectivity index (χ1v) is 14.6. The van der Waals surface area contributed by atoms with Crippen LogP contribution in [-0.4, -0.2) is 101 Å². The molecule has 17 heteroatoms. The number of nitrogens with one attached hydrogen (secondary N) is 1. The lowest BCUT2D eigenvalue weighted by atomic mass is 9.89. The minimum absolute atomic E-state index is 0.0803. The maximum absolute atomic E-state index is 13.2. The van der Waals surface area contributed by atoms with E-state index in [-0.39, 0.29) is 47.9 Å². The number of nitrogens with zero attached hydrogens (tertiary/aromatic N) is 5. The summed E-state index contributed by atoms with van der Waals surface area (Å²) >= 11 is 2.37. The van der Waals surface area contributed by atoms with E-state index in [2.05, 4.69) is 15.5 Å².